The molecule has 0 amide bonds. The van der Waals surface area contributed by atoms with Gasteiger partial charge in [0.05, 0.1) is 13.0 Å². The number of hydrogen-bond donors (Lipinski definition) is 0. The van der Waals surface area contributed by atoms with Crippen molar-refractivity contribution in [1.29, 1.82) is 0 Å². The van der Waals surface area contributed by atoms with E-state index < -0.39 is 0 Å². The van der Waals surface area contributed by atoms with Gasteiger partial charge in [-0.25, -0.2) is 0 Å². The summed E-state index contributed by atoms with van der Waals surface area (Å²) in [5.41, 5.74) is 0. The van der Waals surface area contributed by atoms with Crippen LogP contribution in [-0.4, -0.2) is 18.9 Å². The van der Waals surface area contributed by atoms with Crippen LogP contribution in [0.2, 0.25) is 0 Å². The van der Waals surface area contributed by atoms with Crippen LogP contribution in [-0.2, 0) is 14.3 Å². The molecule has 0 saturated heterocycles. The molecule has 1 aliphatic rings. The van der Waals surface area contributed by atoms with Crippen molar-refractivity contribution in [2.45, 2.75) is 26.2 Å². The first-order valence-electron chi connectivity index (χ1n) is 4.25. The molecule has 1 saturated carbocycles. The smallest absolute Gasteiger partial charge is 0.309 e. The van der Waals surface area contributed by atoms with Gasteiger partial charge in [-0.3, -0.25) is 9.59 Å². The van der Waals surface area contributed by atoms with Gasteiger partial charge in [0.1, 0.15) is 5.78 Å². The Bertz CT molecular complexity index is 196. The van der Waals surface area contributed by atoms with Crippen LogP contribution in [0, 0.1) is 11.8 Å². The maximum absolute atomic E-state index is 11.2. The second-order valence-corrected chi connectivity index (χ2v) is 3.37. The average Bonchev–Trinajstić information content (AvgIpc) is 2.08. The Labute approximate surface area is 72.1 Å². The Morgan fingerprint density at radius 2 is 2.17 bits per heavy atom. The molecule has 1 aliphatic carbocycles. The topological polar surface area (TPSA) is 43.4 Å². The van der Waals surface area contributed by atoms with Gasteiger partial charge >= 0.3 is 5.97 Å². The number of esters is 1. The van der Waals surface area contributed by atoms with E-state index in [9.17, 15) is 9.59 Å². The molecule has 0 heterocycles. The van der Waals surface area contributed by atoms with Crippen LogP contribution in [0.5, 0.6) is 0 Å². The number of methoxy groups -OCH3 is 1. The monoisotopic (exact) mass is 170 g/mol. The Hall–Kier alpha value is -0.860. The van der Waals surface area contributed by atoms with Gasteiger partial charge in [0, 0.05) is 12.3 Å². The number of carbonyl (C=O) groups is 2. The van der Waals surface area contributed by atoms with Gasteiger partial charge < -0.3 is 4.74 Å². The molecular formula is C9H14O3. The fourth-order valence-corrected chi connectivity index (χ4v) is 1.53. The highest BCUT2D eigenvalue weighted by atomic mass is 16.5. The summed E-state index contributed by atoms with van der Waals surface area (Å²) in [5.74, 6) is -0.100. The summed E-state index contributed by atoms with van der Waals surface area (Å²) in [7, 11) is 1.37. The highest BCUT2D eigenvalue weighted by molar-refractivity contribution is 5.87. The average molecular weight is 170 g/mol. The Morgan fingerprint density at radius 3 is 2.67 bits per heavy atom. The minimum absolute atomic E-state index is 0.130. The lowest BCUT2D eigenvalue weighted by Gasteiger charge is -2.22. The molecule has 12 heavy (non-hydrogen) atoms. The van der Waals surface area contributed by atoms with Crippen molar-refractivity contribution in [2.24, 2.45) is 11.8 Å². The van der Waals surface area contributed by atoms with Crippen LogP contribution in [0.1, 0.15) is 26.2 Å². The normalized spacial score (nSPS) is 30.0. The van der Waals surface area contributed by atoms with E-state index in [2.05, 4.69) is 4.74 Å². The van der Waals surface area contributed by atoms with E-state index in [1.165, 1.54) is 7.11 Å². The van der Waals surface area contributed by atoms with Crippen molar-refractivity contribution in [1.82, 2.24) is 0 Å². The number of Topliss-reactive ketones (excluding diaryl/α,β-unsaturated/α-hetero) is 1. The predicted octanol–water partition coefficient (Wildman–Crippen LogP) is 1.16. The second-order valence-electron chi connectivity index (χ2n) is 3.37. The first kappa shape index (κ1) is 9.23. The summed E-state index contributed by atoms with van der Waals surface area (Å²) in [6.45, 7) is 1.91. The maximum atomic E-state index is 11.2. The van der Waals surface area contributed by atoms with E-state index in [4.69, 9.17) is 0 Å². The molecule has 2 atom stereocenters. The minimum atomic E-state index is -0.241. The summed E-state index contributed by atoms with van der Waals surface area (Å²) in [5, 5.41) is 0. The third-order valence-electron chi connectivity index (χ3n) is 2.48. The minimum Gasteiger partial charge on any atom is -0.469 e. The van der Waals surface area contributed by atoms with Crippen molar-refractivity contribution < 1.29 is 14.3 Å². The highest BCUT2D eigenvalue weighted by Crippen LogP contribution is 2.26. The second kappa shape index (κ2) is 3.70. The van der Waals surface area contributed by atoms with E-state index in [0.717, 1.165) is 12.8 Å². The van der Waals surface area contributed by atoms with Crippen molar-refractivity contribution in [2.75, 3.05) is 7.11 Å². The van der Waals surface area contributed by atoms with Crippen LogP contribution in [0.25, 0.3) is 0 Å². The third-order valence-corrected chi connectivity index (χ3v) is 2.48. The van der Waals surface area contributed by atoms with Crippen LogP contribution >= 0.6 is 0 Å². The zero-order valence-electron chi connectivity index (χ0n) is 7.50. The highest BCUT2D eigenvalue weighted by Gasteiger charge is 2.30. The molecule has 0 unspecified atom stereocenters. The number of hydrogen-bond acceptors (Lipinski definition) is 3. The molecule has 0 spiro atoms. The molecule has 0 aromatic heterocycles. The number of carbonyl (C=O) groups excluding carboxylic acids is 2. The lowest BCUT2D eigenvalue weighted by atomic mass is 9.82. The molecule has 0 radical (unpaired) electrons. The number of ether oxygens (including phenoxy) is 1. The van der Waals surface area contributed by atoms with Crippen LogP contribution < -0.4 is 0 Å². The Morgan fingerprint density at radius 1 is 1.50 bits per heavy atom. The largest absolute Gasteiger partial charge is 0.469 e. The quantitative estimate of drug-likeness (QED) is 0.555. The fourth-order valence-electron chi connectivity index (χ4n) is 1.53. The zero-order chi connectivity index (χ0) is 9.14. The molecule has 0 N–H and O–H groups in total. The van der Waals surface area contributed by atoms with E-state index in [1.54, 1.807) is 0 Å². The fraction of sp³-hybridized carbons (Fsp3) is 0.778. The number of ketones is 1. The Balaban J connectivity index is 2.51. The summed E-state index contributed by atoms with van der Waals surface area (Å²) in [6.07, 6.45) is 1.98. The van der Waals surface area contributed by atoms with Crippen molar-refractivity contribution >= 4 is 11.8 Å². The van der Waals surface area contributed by atoms with Crippen LogP contribution in [0.15, 0.2) is 0 Å². The third kappa shape index (κ3) is 1.84. The summed E-state index contributed by atoms with van der Waals surface area (Å²) < 4.78 is 4.58. The van der Waals surface area contributed by atoms with E-state index in [0.29, 0.717) is 6.42 Å². The molecule has 1 fully saturated rings. The van der Waals surface area contributed by atoms with Gasteiger partial charge in [0.25, 0.3) is 0 Å². The molecule has 1 rings (SSSR count). The summed E-state index contributed by atoms with van der Waals surface area (Å²) in [4.78, 5) is 22.3. The molecule has 0 bridgehead atoms. The van der Waals surface area contributed by atoms with E-state index in [1.807, 2.05) is 6.92 Å². The van der Waals surface area contributed by atoms with Crippen molar-refractivity contribution in [3.8, 4) is 0 Å². The van der Waals surface area contributed by atoms with Gasteiger partial charge in [-0.1, -0.05) is 6.92 Å². The Kier molecular flexibility index (Phi) is 2.84. The first-order chi connectivity index (χ1) is 5.65. The lowest BCUT2D eigenvalue weighted by Crippen LogP contribution is -2.28. The molecule has 3 heteroatoms. The van der Waals surface area contributed by atoms with Gasteiger partial charge in [-0.15, -0.1) is 0 Å². The summed E-state index contributed by atoms with van der Waals surface area (Å²) >= 11 is 0. The SMILES string of the molecule is COC(=O)[C@@H]1CC[C@@H](C)C(=O)C1. The van der Waals surface area contributed by atoms with Crippen LogP contribution in [0.3, 0.4) is 0 Å². The molecule has 0 aromatic rings. The molecular weight excluding hydrogens is 156 g/mol. The molecule has 0 aliphatic heterocycles. The molecule has 3 nitrogen and oxygen atoms in total. The van der Waals surface area contributed by atoms with E-state index >= 15 is 0 Å². The van der Waals surface area contributed by atoms with Gasteiger partial charge in [-0.2, -0.15) is 0 Å². The standard InChI is InChI=1S/C9H14O3/c1-6-3-4-7(5-8(6)10)9(11)12-2/h6-7H,3-5H2,1-2H3/t6-,7-/m1/s1. The van der Waals surface area contributed by atoms with Gasteiger partial charge in [0.15, 0.2) is 0 Å². The zero-order valence-corrected chi connectivity index (χ0v) is 7.50. The lowest BCUT2D eigenvalue weighted by molar-refractivity contribution is -0.149. The van der Waals surface area contributed by atoms with Crippen molar-refractivity contribution in [3.63, 3.8) is 0 Å². The van der Waals surface area contributed by atoms with Gasteiger partial charge in [0.2, 0.25) is 0 Å². The molecule has 0 aromatic carbocycles. The first-order valence-corrected chi connectivity index (χ1v) is 4.25. The van der Waals surface area contributed by atoms with Crippen molar-refractivity contribution in [3.05, 3.63) is 0 Å². The molecule has 68 valence electrons. The van der Waals surface area contributed by atoms with E-state index in [-0.39, 0.29) is 23.6 Å². The summed E-state index contributed by atoms with van der Waals surface area (Å²) in [6, 6.07) is 0. The maximum Gasteiger partial charge on any atom is 0.309 e. The number of rotatable bonds is 1. The van der Waals surface area contributed by atoms with Crippen LogP contribution in [0.4, 0.5) is 0 Å². The van der Waals surface area contributed by atoms with Gasteiger partial charge in [-0.05, 0) is 12.8 Å². The predicted molar refractivity (Wildman–Crippen MR) is 43.5 cm³/mol.